The first-order valence-corrected chi connectivity index (χ1v) is 11.1. The third kappa shape index (κ3) is 4.81. The summed E-state index contributed by atoms with van der Waals surface area (Å²) in [6.07, 6.45) is 0. The number of piperazine rings is 1. The number of urea groups is 1. The van der Waals surface area contributed by atoms with E-state index in [0.717, 1.165) is 39.3 Å². The standard InChI is InChI=1S/C21H32N4O2S/c1-15(2)22-21(27)24-12-9-23(10-13-24)11-14-25-19(26)17(4)28-20(25)18-8-6-5-7-16(18)3/h5-8,15,17,20H,9-14H2,1-4H3,(H,22,27)/t17-,20+/m0/s1. The summed E-state index contributed by atoms with van der Waals surface area (Å²) >= 11 is 1.74. The first-order chi connectivity index (χ1) is 13.4. The average Bonchev–Trinajstić information content (AvgIpc) is 2.94. The molecule has 154 valence electrons. The van der Waals surface area contributed by atoms with Crippen LogP contribution in [0.2, 0.25) is 0 Å². The Morgan fingerprint density at radius 2 is 1.86 bits per heavy atom. The number of rotatable bonds is 5. The highest BCUT2D eigenvalue weighted by Gasteiger charge is 2.39. The fraction of sp³-hybridized carbons (Fsp3) is 0.619. The van der Waals surface area contributed by atoms with Crippen molar-refractivity contribution >= 4 is 23.7 Å². The van der Waals surface area contributed by atoms with Crippen LogP contribution in [0.5, 0.6) is 0 Å². The van der Waals surface area contributed by atoms with Crippen LogP contribution in [-0.4, -0.2) is 77.2 Å². The molecule has 0 spiro atoms. The second-order valence-electron chi connectivity index (χ2n) is 7.95. The predicted octanol–water partition coefficient (Wildman–Crippen LogP) is 2.69. The maximum atomic E-state index is 12.7. The molecule has 1 aromatic carbocycles. The van der Waals surface area contributed by atoms with Gasteiger partial charge >= 0.3 is 6.03 Å². The maximum Gasteiger partial charge on any atom is 0.317 e. The van der Waals surface area contributed by atoms with Crippen LogP contribution in [0.1, 0.15) is 37.3 Å². The molecule has 7 heteroatoms. The van der Waals surface area contributed by atoms with E-state index in [2.05, 4.69) is 35.3 Å². The smallest absolute Gasteiger partial charge is 0.317 e. The van der Waals surface area contributed by atoms with Gasteiger partial charge in [0.05, 0.1) is 5.25 Å². The maximum absolute atomic E-state index is 12.7. The highest BCUT2D eigenvalue weighted by atomic mass is 32.2. The van der Waals surface area contributed by atoms with Crippen molar-refractivity contribution in [3.8, 4) is 0 Å². The Morgan fingerprint density at radius 1 is 1.18 bits per heavy atom. The van der Waals surface area contributed by atoms with E-state index in [9.17, 15) is 9.59 Å². The molecule has 0 aromatic heterocycles. The molecule has 6 nitrogen and oxygen atoms in total. The monoisotopic (exact) mass is 404 g/mol. The van der Waals surface area contributed by atoms with E-state index in [-0.39, 0.29) is 28.6 Å². The number of nitrogens with zero attached hydrogens (tertiary/aromatic N) is 3. The molecule has 0 unspecified atom stereocenters. The lowest BCUT2D eigenvalue weighted by atomic mass is 10.1. The lowest BCUT2D eigenvalue weighted by molar-refractivity contribution is -0.130. The van der Waals surface area contributed by atoms with Gasteiger partial charge in [-0.05, 0) is 38.8 Å². The molecule has 2 aliphatic rings. The van der Waals surface area contributed by atoms with Crippen LogP contribution in [0.3, 0.4) is 0 Å². The Hall–Kier alpha value is -1.73. The van der Waals surface area contributed by atoms with Gasteiger partial charge in [0.15, 0.2) is 0 Å². The summed E-state index contributed by atoms with van der Waals surface area (Å²) in [4.78, 5) is 31.2. The van der Waals surface area contributed by atoms with Gasteiger partial charge in [-0.15, -0.1) is 11.8 Å². The van der Waals surface area contributed by atoms with Gasteiger partial charge in [-0.2, -0.15) is 0 Å². The first kappa shape index (κ1) is 21.0. The third-order valence-corrected chi connectivity index (χ3v) is 6.81. The fourth-order valence-corrected chi connectivity index (χ4v) is 5.17. The summed E-state index contributed by atoms with van der Waals surface area (Å²) in [7, 11) is 0. The summed E-state index contributed by atoms with van der Waals surface area (Å²) in [5, 5.41) is 3.06. The molecule has 2 atom stereocenters. The molecule has 1 aromatic rings. The van der Waals surface area contributed by atoms with E-state index >= 15 is 0 Å². The molecular weight excluding hydrogens is 372 g/mol. The zero-order chi connectivity index (χ0) is 20.3. The van der Waals surface area contributed by atoms with Crippen molar-refractivity contribution in [2.45, 2.75) is 44.4 Å². The van der Waals surface area contributed by atoms with Gasteiger partial charge in [-0.1, -0.05) is 24.3 Å². The number of carbonyl (C=O) groups excluding carboxylic acids is 2. The van der Waals surface area contributed by atoms with E-state index in [0.29, 0.717) is 0 Å². The quantitative estimate of drug-likeness (QED) is 0.820. The van der Waals surface area contributed by atoms with Crippen LogP contribution in [0, 0.1) is 6.92 Å². The Balaban J connectivity index is 1.55. The van der Waals surface area contributed by atoms with Gasteiger partial charge in [-0.25, -0.2) is 4.79 Å². The van der Waals surface area contributed by atoms with Crippen LogP contribution < -0.4 is 5.32 Å². The molecule has 2 aliphatic heterocycles. The largest absolute Gasteiger partial charge is 0.336 e. The highest BCUT2D eigenvalue weighted by Crippen LogP contribution is 2.43. The van der Waals surface area contributed by atoms with Gasteiger partial charge in [0.25, 0.3) is 0 Å². The van der Waals surface area contributed by atoms with Crippen molar-refractivity contribution in [2.75, 3.05) is 39.3 Å². The van der Waals surface area contributed by atoms with Crippen molar-refractivity contribution in [3.05, 3.63) is 35.4 Å². The summed E-state index contributed by atoms with van der Waals surface area (Å²) in [5.74, 6) is 0.230. The Kier molecular flexibility index (Phi) is 6.88. The fourth-order valence-electron chi connectivity index (χ4n) is 3.77. The zero-order valence-electron chi connectivity index (χ0n) is 17.4. The summed E-state index contributed by atoms with van der Waals surface area (Å²) in [6, 6.07) is 8.53. The number of amides is 3. The lowest BCUT2D eigenvalue weighted by Gasteiger charge is -2.36. The van der Waals surface area contributed by atoms with Gasteiger partial charge in [0.2, 0.25) is 5.91 Å². The second-order valence-corrected chi connectivity index (χ2v) is 9.38. The van der Waals surface area contributed by atoms with E-state index in [1.807, 2.05) is 36.6 Å². The van der Waals surface area contributed by atoms with Crippen LogP contribution in [0.15, 0.2) is 24.3 Å². The molecule has 2 fully saturated rings. The van der Waals surface area contributed by atoms with Crippen LogP contribution in [0.4, 0.5) is 4.79 Å². The van der Waals surface area contributed by atoms with Crippen molar-refractivity contribution in [1.82, 2.24) is 20.0 Å². The molecule has 0 saturated carbocycles. The van der Waals surface area contributed by atoms with Crippen molar-refractivity contribution in [2.24, 2.45) is 0 Å². The molecule has 3 rings (SSSR count). The molecule has 0 radical (unpaired) electrons. The molecular formula is C21H32N4O2S. The van der Waals surface area contributed by atoms with Crippen molar-refractivity contribution < 1.29 is 9.59 Å². The number of hydrogen-bond donors (Lipinski definition) is 1. The van der Waals surface area contributed by atoms with E-state index in [4.69, 9.17) is 0 Å². The molecule has 3 amide bonds. The SMILES string of the molecule is Cc1ccccc1[C@H]1S[C@@H](C)C(=O)N1CCN1CCN(C(=O)NC(C)C)CC1. The average molecular weight is 405 g/mol. The van der Waals surface area contributed by atoms with Crippen molar-refractivity contribution in [3.63, 3.8) is 0 Å². The minimum atomic E-state index is 0.00110. The Labute approximate surface area is 172 Å². The van der Waals surface area contributed by atoms with Gasteiger partial charge < -0.3 is 15.1 Å². The topological polar surface area (TPSA) is 55.9 Å². The molecule has 0 bridgehead atoms. The third-order valence-electron chi connectivity index (χ3n) is 5.43. The number of thioether (sulfide) groups is 1. The Bertz CT molecular complexity index is 703. The molecule has 2 saturated heterocycles. The molecule has 0 aliphatic carbocycles. The van der Waals surface area contributed by atoms with E-state index < -0.39 is 0 Å². The number of carbonyl (C=O) groups is 2. The lowest BCUT2D eigenvalue weighted by Crippen LogP contribution is -2.53. The summed E-state index contributed by atoms with van der Waals surface area (Å²) in [5.41, 5.74) is 2.47. The number of benzene rings is 1. The predicted molar refractivity (Wildman–Crippen MR) is 114 cm³/mol. The minimum absolute atomic E-state index is 0.00110. The molecule has 28 heavy (non-hydrogen) atoms. The van der Waals surface area contributed by atoms with Gasteiger partial charge in [-0.3, -0.25) is 9.69 Å². The van der Waals surface area contributed by atoms with E-state index in [1.165, 1.54) is 11.1 Å². The summed E-state index contributed by atoms with van der Waals surface area (Å²) < 4.78 is 0. The minimum Gasteiger partial charge on any atom is -0.336 e. The summed E-state index contributed by atoms with van der Waals surface area (Å²) in [6.45, 7) is 12.8. The first-order valence-electron chi connectivity index (χ1n) is 10.2. The van der Waals surface area contributed by atoms with Crippen LogP contribution >= 0.6 is 11.8 Å². The van der Waals surface area contributed by atoms with Crippen LogP contribution in [-0.2, 0) is 4.79 Å². The van der Waals surface area contributed by atoms with Gasteiger partial charge in [0.1, 0.15) is 5.37 Å². The van der Waals surface area contributed by atoms with Gasteiger partial charge in [0, 0.05) is 45.3 Å². The number of nitrogens with one attached hydrogen (secondary N) is 1. The van der Waals surface area contributed by atoms with E-state index in [1.54, 1.807) is 11.8 Å². The highest BCUT2D eigenvalue weighted by molar-refractivity contribution is 8.01. The second kappa shape index (κ2) is 9.18. The normalized spacial score (nSPS) is 23.5. The zero-order valence-corrected chi connectivity index (χ0v) is 18.2. The molecule has 2 heterocycles. The molecule has 1 N–H and O–H groups in total. The number of hydrogen-bond acceptors (Lipinski definition) is 4. The number of aryl methyl sites for hydroxylation is 1. The van der Waals surface area contributed by atoms with Crippen LogP contribution in [0.25, 0.3) is 0 Å². The Morgan fingerprint density at radius 3 is 2.50 bits per heavy atom. The van der Waals surface area contributed by atoms with Crippen molar-refractivity contribution in [1.29, 1.82) is 0 Å².